The van der Waals surface area contributed by atoms with Crippen LogP contribution in [-0.2, 0) is 9.59 Å². The number of ether oxygens (including phenoxy) is 4. The number of imide groups is 2. The first kappa shape index (κ1) is 40.9. The summed E-state index contributed by atoms with van der Waals surface area (Å²) < 4.78 is 21.8. The molecule has 2 fully saturated rings. The van der Waals surface area contributed by atoms with E-state index in [1.165, 1.54) is 88.7 Å². The topological polar surface area (TPSA) is 152 Å². The first-order valence-electron chi connectivity index (χ1n) is 18.6. The van der Waals surface area contributed by atoms with Crippen molar-refractivity contribution in [3.05, 3.63) is 119 Å². The Bertz CT molecular complexity index is 2070. The lowest BCUT2D eigenvalue weighted by Gasteiger charge is -2.33. The van der Waals surface area contributed by atoms with Gasteiger partial charge in [-0.3, -0.25) is 29.0 Å². The van der Waals surface area contributed by atoms with Crippen LogP contribution in [0, 0.1) is 11.8 Å². The molecule has 2 unspecified atom stereocenters. The fourth-order valence-corrected chi connectivity index (χ4v) is 7.85. The Hall–Kier alpha value is -6.70. The van der Waals surface area contributed by atoms with Gasteiger partial charge in [0.1, 0.15) is 11.8 Å². The Balaban J connectivity index is 1.62. The van der Waals surface area contributed by atoms with Gasteiger partial charge >= 0.3 is 12.1 Å². The Labute approximate surface area is 336 Å². The number of amides is 6. The summed E-state index contributed by atoms with van der Waals surface area (Å²) in [6, 6.07) is 21.5. The van der Waals surface area contributed by atoms with Crippen LogP contribution in [0.1, 0.15) is 57.8 Å². The molecular formula is C44H46N4O10. The van der Waals surface area contributed by atoms with Crippen LogP contribution in [0.15, 0.2) is 97.1 Å². The van der Waals surface area contributed by atoms with Crippen LogP contribution in [0.4, 0.5) is 9.59 Å². The lowest BCUT2D eigenvalue weighted by molar-refractivity contribution is -0.141. The minimum Gasteiger partial charge on any atom is -0.493 e. The number of methoxy groups -OCH3 is 4. The van der Waals surface area contributed by atoms with Crippen molar-refractivity contribution in [1.82, 2.24) is 19.6 Å². The molecule has 2 saturated heterocycles. The number of ketones is 2. The van der Waals surface area contributed by atoms with E-state index in [9.17, 15) is 9.59 Å². The van der Waals surface area contributed by atoms with Crippen LogP contribution >= 0.6 is 0 Å². The highest BCUT2D eigenvalue weighted by atomic mass is 16.5. The molecule has 0 N–H and O–H groups in total. The smallest absolute Gasteiger partial charge is 0.327 e. The van der Waals surface area contributed by atoms with Gasteiger partial charge < -0.3 is 28.7 Å². The Morgan fingerprint density at radius 3 is 1.14 bits per heavy atom. The number of urea groups is 2. The molecule has 302 valence electrons. The normalized spacial score (nSPS) is 20.1. The molecule has 2 aliphatic rings. The molecule has 2 heterocycles. The molecule has 14 heteroatoms. The summed E-state index contributed by atoms with van der Waals surface area (Å²) in [5, 5.41) is 0. The molecular weight excluding hydrogens is 745 g/mol. The molecule has 0 bridgehead atoms. The summed E-state index contributed by atoms with van der Waals surface area (Å²) in [6.45, 7) is 3.52. The Morgan fingerprint density at radius 1 is 0.500 bits per heavy atom. The van der Waals surface area contributed by atoms with Crippen molar-refractivity contribution in [3.8, 4) is 23.0 Å². The predicted octanol–water partition coefficient (Wildman–Crippen LogP) is 6.07. The monoisotopic (exact) mass is 790 g/mol. The number of hydrogen-bond acceptors (Lipinski definition) is 10. The first-order valence-corrected chi connectivity index (χ1v) is 18.6. The number of rotatable bonds is 13. The second-order valence-corrected chi connectivity index (χ2v) is 14.2. The molecule has 0 aromatic heterocycles. The van der Waals surface area contributed by atoms with Gasteiger partial charge in [-0.05, 0) is 61.4 Å². The van der Waals surface area contributed by atoms with Crippen LogP contribution < -0.4 is 18.9 Å². The number of hydrogen-bond donors (Lipinski definition) is 0. The van der Waals surface area contributed by atoms with Crippen LogP contribution in [0.2, 0.25) is 0 Å². The molecule has 6 rings (SSSR count). The molecule has 4 aromatic carbocycles. The summed E-state index contributed by atoms with van der Waals surface area (Å²) in [7, 11) is 8.62. The summed E-state index contributed by atoms with van der Waals surface area (Å²) >= 11 is 0. The van der Waals surface area contributed by atoms with Crippen molar-refractivity contribution in [2.24, 2.45) is 11.8 Å². The minimum atomic E-state index is -2.18. The van der Waals surface area contributed by atoms with E-state index in [4.69, 9.17) is 18.9 Å². The van der Waals surface area contributed by atoms with E-state index in [0.717, 1.165) is 9.80 Å². The van der Waals surface area contributed by atoms with Gasteiger partial charge in [0.2, 0.25) is 11.8 Å². The number of benzene rings is 4. The highest BCUT2D eigenvalue weighted by Gasteiger charge is 2.56. The van der Waals surface area contributed by atoms with E-state index in [1.807, 2.05) is 0 Å². The maximum Gasteiger partial charge on any atom is 0.327 e. The van der Waals surface area contributed by atoms with E-state index >= 15 is 19.2 Å². The fraction of sp³-hybridized carbons (Fsp3) is 0.318. The van der Waals surface area contributed by atoms with Crippen molar-refractivity contribution in [2.75, 3.05) is 42.5 Å². The van der Waals surface area contributed by atoms with Crippen LogP contribution in [0.25, 0.3) is 0 Å². The minimum absolute atomic E-state index is 0.115. The van der Waals surface area contributed by atoms with Crippen molar-refractivity contribution >= 4 is 35.4 Å². The Kier molecular flexibility index (Phi) is 11.9. The highest BCUT2D eigenvalue weighted by Crippen LogP contribution is 2.42. The third kappa shape index (κ3) is 7.10. The fourth-order valence-electron chi connectivity index (χ4n) is 7.85. The van der Waals surface area contributed by atoms with Crippen LogP contribution in [0.5, 0.6) is 23.0 Å². The first-order chi connectivity index (χ1) is 27.8. The molecule has 0 spiro atoms. The largest absolute Gasteiger partial charge is 0.493 e. The van der Waals surface area contributed by atoms with Crippen molar-refractivity contribution in [3.63, 3.8) is 0 Å². The molecule has 4 aromatic rings. The number of likely N-dealkylation sites (N-methyl/N-ethyl adjacent to an activating group) is 2. The van der Waals surface area contributed by atoms with Gasteiger partial charge in [0.25, 0.3) is 0 Å². The van der Waals surface area contributed by atoms with E-state index < -0.39 is 71.4 Å². The lowest BCUT2D eigenvalue weighted by atomic mass is 9.78. The van der Waals surface area contributed by atoms with Crippen LogP contribution in [-0.4, -0.2) is 110 Å². The Morgan fingerprint density at radius 2 is 0.828 bits per heavy atom. The van der Waals surface area contributed by atoms with Gasteiger partial charge in [-0.1, -0.05) is 60.7 Å². The number of carbonyl (C=O) groups is 6. The molecule has 2 aliphatic heterocycles. The van der Waals surface area contributed by atoms with Gasteiger partial charge in [0.05, 0.1) is 52.6 Å². The third-order valence-corrected chi connectivity index (χ3v) is 11.2. The van der Waals surface area contributed by atoms with Gasteiger partial charge in [0.15, 0.2) is 34.6 Å². The summed E-state index contributed by atoms with van der Waals surface area (Å²) in [5.41, 5.74) is 0.940. The van der Waals surface area contributed by atoms with Gasteiger partial charge in [-0.2, -0.15) is 0 Å². The molecule has 0 aliphatic carbocycles. The lowest BCUT2D eigenvalue weighted by Crippen LogP contribution is -2.53. The molecule has 6 atom stereocenters. The molecule has 58 heavy (non-hydrogen) atoms. The van der Waals surface area contributed by atoms with Crippen molar-refractivity contribution in [1.29, 1.82) is 0 Å². The van der Waals surface area contributed by atoms with E-state index in [0.29, 0.717) is 11.1 Å². The standard InChI is InChI=1S/C44H46N4O10/c1-25-37(27-15-11-9-12-16-27)47(43(53)45(25)3)41(51)35(39(49)29-19-21-31(55-5)33(23-29)57-7)36(40(50)30-20-22-32(56-6)34(24-30)58-8)42(52)48-38(26(2)46(4)44(48)54)28-17-13-10-14-18-28/h9-26,35-38H,1-8H3/t25-,26-,35?,36?,37-,38-/m1/s1. The van der Waals surface area contributed by atoms with Crippen LogP contribution in [0.3, 0.4) is 0 Å². The van der Waals surface area contributed by atoms with Gasteiger partial charge in [-0.15, -0.1) is 0 Å². The maximum atomic E-state index is 15.5. The number of carbonyl (C=O) groups excluding carboxylic acids is 6. The van der Waals surface area contributed by atoms with E-state index in [1.54, 1.807) is 74.5 Å². The second kappa shape index (κ2) is 16.8. The van der Waals surface area contributed by atoms with Crippen molar-refractivity contribution in [2.45, 2.75) is 38.0 Å². The third-order valence-electron chi connectivity index (χ3n) is 11.2. The van der Waals surface area contributed by atoms with Gasteiger partial charge in [-0.25, -0.2) is 9.59 Å². The zero-order chi connectivity index (χ0) is 42.0. The quantitative estimate of drug-likeness (QED) is 0.115. The number of Topliss-reactive ketones (excluding diaryl/α,β-unsaturated/α-hetero) is 2. The van der Waals surface area contributed by atoms with Crippen molar-refractivity contribution < 1.29 is 47.7 Å². The summed E-state index contributed by atoms with van der Waals surface area (Å²) in [5.74, 6) is -7.68. The predicted molar refractivity (Wildman–Crippen MR) is 212 cm³/mol. The average Bonchev–Trinajstić information content (AvgIpc) is 3.62. The highest BCUT2D eigenvalue weighted by molar-refractivity contribution is 6.23. The van der Waals surface area contributed by atoms with E-state index in [2.05, 4.69) is 0 Å². The average molecular weight is 791 g/mol. The zero-order valence-corrected chi connectivity index (χ0v) is 33.6. The molecule has 0 radical (unpaired) electrons. The molecule has 14 nitrogen and oxygen atoms in total. The zero-order valence-electron chi connectivity index (χ0n) is 33.6. The molecule has 6 amide bonds. The molecule has 0 saturated carbocycles. The summed E-state index contributed by atoms with van der Waals surface area (Å²) in [6.07, 6.45) is 0. The SMILES string of the molecule is COc1ccc(C(=O)C(C(=O)N2C(=O)N(C)[C@H](C)[C@@H]2c2ccccc2)C(C(=O)c2ccc(OC)c(OC)c2)C(=O)N2C(=O)N(C)[C@H](C)[C@@H]2c2ccccc2)cc1OC. The number of nitrogens with zero attached hydrogens (tertiary/aromatic N) is 4. The van der Waals surface area contributed by atoms with E-state index in [-0.39, 0.29) is 34.1 Å². The second-order valence-electron chi connectivity index (χ2n) is 14.2. The maximum absolute atomic E-state index is 15.5. The van der Waals surface area contributed by atoms with Gasteiger partial charge in [0, 0.05) is 25.2 Å². The summed E-state index contributed by atoms with van der Waals surface area (Å²) in [4.78, 5) is 94.7.